The van der Waals surface area contributed by atoms with Crippen molar-refractivity contribution >= 4 is 18.0 Å². The smallest absolute Gasteiger partial charge is 0.414 e. The van der Waals surface area contributed by atoms with E-state index in [4.69, 9.17) is 29.3 Å². The Labute approximate surface area is 135 Å². The third-order valence-corrected chi connectivity index (χ3v) is 2.56. The van der Waals surface area contributed by atoms with Crippen LogP contribution in [0.2, 0.25) is 0 Å². The third-order valence-electron chi connectivity index (χ3n) is 2.56. The molecular weight excluding hydrogens is 302 g/mol. The molecule has 1 aromatic carbocycles. The molecule has 0 radical (unpaired) electrons. The molecule has 0 heterocycles. The van der Waals surface area contributed by atoms with E-state index in [0.717, 1.165) is 30.0 Å². The largest absolute Gasteiger partial charge is 0.493 e. The lowest BCUT2D eigenvalue weighted by atomic mass is 10.2. The molecule has 0 saturated carbocycles. The highest BCUT2D eigenvalue weighted by Crippen LogP contribution is 2.28. The van der Waals surface area contributed by atoms with E-state index in [1.807, 2.05) is 44.3 Å². The average molecular weight is 325 g/mol. The molecule has 23 heavy (non-hydrogen) atoms. The van der Waals surface area contributed by atoms with E-state index >= 15 is 0 Å². The number of hydrogen-bond donors (Lipinski definition) is 3. The Hall–Kier alpha value is -2.54. The van der Waals surface area contributed by atoms with Crippen molar-refractivity contribution < 1.29 is 29.3 Å². The summed E-state index contributed by atoms with van der Waals surface area (Å²) in [6.07, 6.45) is 5.02. The molecule has 0 aliphatic heterocycles. The highest BCUT2D eigenvalue weighted by atomic mass is 16.5. The molecular formula is C16H23NO6. The molecule has 1 aromatic rings. The molecule has 0 amide bonds. The summed E-state index contributed by atoms with van der Waals surface area (Å²) in [5.41, 5.74) is 1.12. The first-order valence-electron chi connectivity index (χ1n) is 7.00. The number of ether oxygens (including phenoxy) is 2. The van der Waals surface area contributed by atoms with Crippen molar-refractivity contribution in [1.82, 2.24) is 5.32 Å². The number of hydrogen-bond acceptors (Lipinski definition) is 5. The minimum absolute atomic E-state index is 0.695. The lowest BCUT2D eigenvalue weighted by Crippen LogP contribution is -2.11. The molecule has 0 aliphatic rings. The monoisotopic (exact) mass is 325 g/mol. The number of methoxy groups -OCH3 is 1. The lowest BCUT2D eigenvalue weighted by Gasteiger charge is -2.11. The first-order chi connectivity index (χ1) is 11.0. The Morgan fingerprint density at radius 3 is 2.35 bits per heavy atom. The summed E-state index contributed by atoms with van der Waals surface area (Å²) >= 11 is 0. The van der Waals surface area contributed by atoms with Gasteiger partial charge in [-0.25, -0.2) is 9.59 Å². The van der Waals surface area contributed by atoms with Crippen LogP contribution in [0.4, 0.5) is 0 Å². The van der Waals surface area contributed by atoms with Gasteiger partial charge in [0.05, 0.1) is 13.7 Å². The number of carboxylic acids is 2. The van der Waals surface area contributed by atoms with Gasteiger partial charge in [-0.3, -0.25) is 0 Å². The molecule has 1 rings (SSSR count). The van der Waals surface area contributed by atoms with Crippen LogP contribution in [0, 0.1) is 0 Å². The first kappa shape index (κ1) is 20.5. The number of carboxylic acid groups (broad SMARTS) is 2. The quantitative estimate of drug-likeness (QED) is 0.519. The van der Waals surface area contributed by atoms with Crippen molar-refractivity contribution in [3.05, 3.63) is 29.8 Å². The second-order valence-electron chi connectivity index (χ2n) is 4.33. The fourth-order valence-electron chi connectivity index (χ4n) is 1.53. The fourth-order valence-corrected chi connectivity index (χ4v) is 1.53. The number of aliphatic carboxylic acids is 2. The molecule has 7 heteroatoms. The molecule has 0 aliphatic carbocycles. The van der Waals surface area contributed by atoms with Gasteiger partial charge in [-0.2, -0.15) is 0 Å². The molecule has 7 nitrogen and oxygen atoms in total. The maximum atomic E-state index is 9.10. The lowest BCUT2D eigenvalue weighted by molar-refractivity contribution is -0.159. The molecule has 0 fully saturated rings. The number of allylic oxidation sites excluding steroid dienone is 1. The van der Waals surface area contributed by atoms with Crippen molar-refractivity contribution in [1.29, 1.82) is 0 Å². The van der Waals surface area contributed by atoms with E-state index < -0.39 is 11.9 Å². The third kappa shape index (κ3) is 9.15. The molecule has 128 valence electrons. The Morgan fingerprint density at radius 2 is 1.87 bits per heavy atom. The fraction of sp³-hybridized carbons (Fsp3) is 0.375. The first-order valence-corrected chi connectivity index (χ1v) is 7.00. The zero-order chi connectivity index (χ0) is 17.7. The zero-order valence-corrected chi connectivity index (χ0v) is 13.5. The number of carbonyl (C=O) groups is 2. The van der Waals surface area contributed by atoms with Gasteiger partial charge < -0.3 is 25.0 Å². The minimum atomic E-state index is -1.82. The van der Waals surface area contributed by atoms with E-state index in [2.05, 4.69) is 5.32 Å². The van der Waals surface area contributed by atoms with Crippen LogP contribution < -0.4 is 14.8 Å². The van der Waals surface area contributed by atoms with Crippen molar-refractivity contribution in [2.45, 2.75) is 13.3 Å². The predicted molar refractivity (Wildman–Crippen MR) is 87.0 cm³/mol. The van der Waals surface area contributed by atoms with Crippen LogP contribution in [0.5, 0.6) is 11.5 Å². The zero-order valence-electron chi connectivity index (χ0n) is 13.5. The van der Waals surface area contributed by atoms with Gasteiger partial charge in [0.1, 0.15) is 0 Å². The molecule has 0 spiro atoms. The van der Waals surface area contributed by atoms with Crippen molar-refractivity contribution in [3.63, 3.8) is 0 Å². The summed E-state index contributed by atoms with van der Waals surface area (Å²) in [5.74, 6) is -2.06. The number of nitrogens with one attached hydrogen (secondary N) is 1. The van der Waals surface area contributed by atoms with Gasteiger partial charge in [0, 0.05) is 0 Å². The van der Waals surface area contributed by atoms with Gasteiger partial charge >= 0.3 is 11.9 Å². The summed E-state index contributed by atoms with van der Waals surface area (Å²) < 4.78 is 11.0. The van der Waals surface area contributed by atoms with Crippen molar-refractivity contribution in [2.24, 2.45) is 0 Å². The summed E-state index contributed by atoms with van der Waals surface area (Å²) in [5, 5.41) is 17.9. The van der Waals surface area contributed by atoms with E-state index in [0.29, 0.717) is 6.61 Å². The molecule has 0 unspecified atom stereocenters. The normalized spacial score (nSPS) is 9.87. The molecule has 0 saturated heterocycles. The molecule has 0 atom stereocenters. The van der Waals surface area contributed by atoms with Gasteiger partial charge in [-0.15, -0.1) is 0 Å². The topological polar surface area (TPSA) is 105 Å². The van der Waals surface area contributed by atoms with Crippen LogP contribution in [-0.4, -0.2) is 49.5 Å². The SMILES string of the molecule is CC=Cc1ccc(OCCCNC)c(OC)c1.O=C(O)C(=O)O. The van der Waals surface area contributed by atoms with Gasteiger partial charge in [-0.05, 0) is 44.6 Å². The highest BCUT2D eigenvalue weighted by molar-refractivity contribution is 6.27. The van der Waals surface area contributed by atoms with Gasteiger partial charge in [0.2, 0.25) is 0 Å². The van der Waals surface area contributed by atoms with E-state index in [1.165, 1.54) is 0 Å². The summed E-state index contributed by atoms with van der Waals surface area (Å²) in [6, 6.07) is 5.96. The second kappa shape index (κ2) is 12.0. The Kier molecular flexibility index (Phi) is 10.7. The number of rotatable bonds is 7. The maximum Gasteiger partial charge on any atom is 0.414 e. The number of benzene rings is 1. The Bertz CT molecular complexity index is 515. The summed E-state index contributed by atoms with van der Waals surface area (Å²) in [7, 11) is 3.60. The van der Waals surface area contributed by atoms with Crippen LogP contribution in [0.3, 0.4) is 0 Å². The van der Waals surface area contributed by atoms with Crippen LogP contribution >= 0.6 is 0 Å². The average Bonchev–Trinajstić information content (AvgIpc) is 2.53. The van der Waals surface area contributed by atoms with Gasteiger partial charge in [-0.1, -0.05) is 18.2 Å². The van der Waals surface area contributed by atoms with Crippen LogP contribution in [0.15, 0.2) is 24.3 Å². The van der Waals surface area contributed by atoms with Crippen molar-refractivity contribution in [2.75, 3.05) is 27.3 Å². The minimum Gasteiger partial charge on any atom is -0.493 e. The van der Waals surface area contributed by atoms with E-state index in [-0.39, 0.29) is 0 Å². The van der Waals surface area contributed by atoms with Crippen molar-refractivity contribution in [3.8, 4) is 11.5 Å². The summed E-state index contributed by atoms with van der Waals surface area (Å²) in [4.78, 5) is 18.2. The predicted octanol–water partition coefficient (Wildman–Crippen LogP) is 1.87. The van der Waals surface area contributed by atoms with Crippen LogP contribution in [0.1, 0.15) is 18.9 Å². The second-order valence-corrected chi connectivity index (χ2v) is 4.33. The Balaban J connectivity index is 0.000000688. The molecule has 0 bridgehead atoms. The molecule has 0 aromatic heterocycles. The standard InChI is InChI=1S/C14H21NO2.C2H2O4/c1-4-6-12-7-8-13(14(11-12)16-3)17-10-5-9-15-2;3-1(4)2(5)6/h4,6-8,11,15H,5,9-10H2,1-3H3;(H,3,4)(H,5,6). The maximum absolute atomic E-state index is 9.10. The van der Waals surface area contributed by atoms with Gasteiger partial charge in [0.25, 0.3) is 0 Å². The van der Waals surface area contributed by atoms with Gasteiger partial charge in [0.15, 0.2) is 11.5 Å². The van der Waals surface area contributed by atoms with Crippen LogP contribution in [-0.2, 0) is 9.59 Å². The van der Waals surface area contributed by atoms with E-state index in [1.54, 1.807) is 7.11 Å². The highest BCUT2D eigenvalue weighted by Gasteiger charge is 2.04. The summed E-state index contributed by atoms with van der Waals surface area (Å²) in [6.45, 7) is 3.65. The molecule has 3 N–H and O–H groups in total. The Morgan fingerprint density at radius 1 is 1.22 bits per heavy atom. The van der Waals surface area contributed by atoms with E-state index in [9.17, 15) is 0 Å². The van der Waals surface area contributed by atoms with Crippen LogP contribution in [0.25, 0.3) is 6.08 Å².